The van der Waals surface area contributed by atoms with Gasteiger partial charge >= 0.3 is 0 Å². The van der Waals surface area contributed by atoms with E-state index in [2.05, 4.69) is 15.9 Å². The van der Waals surface area contributed by atoms with Gasteiger partial charge in [-0.05, 0) is 53.9 Å². The Hall–Kier alpha value is -0.970. The molecule has 1 unspecified atom stereocenters. The normalized spacial score (nSPS) is 12.5. The van der Waals surface area contributed by atoms with Crippen LogP contribution < -0.4 is 5.73 Å². The lowest BCUT2D eigenvalue weighted by Crippen LogP contribution is -2.14. The molecule has 0 aliphatic heterocycles. The Morgan fingerprint density at radius 1 is 1.16 bits per heavy atom. The first-order valence-electron chi connectivity index (χ1n) is 5.56. The van der Waals surface area contributed by atoms with Crippen LogP contribution in [-0.4, -0.2) is 0 Å². The second-order valence-electron chi connectivity index (χ2n) is 4.27. The molecule has 0 saturated carbocycles. The SMILES string of the molecule is Cc1cc(C(N)c2cc(F)ccc2Br)c(Cl)cc1F. The zero-order valence-corrected chi connectivity index (χ0v) is 12.4. The van der Waals surface area contributed by atoms with Crippen LogP contribution in [0.5, 0.6) is 0 Å². The summed E-state index contributed by atoms with van der Waals surface area (Å²) in [6.07, 6.45) is 0. The monoisotopic (exact) mass is 345 g/mol. The second kappa shape index (κ2) is 5.57. The average Bonchev–Trinajstić information content (AvgIpc) is 2.36. The van der Waals surface area contributed by atoms with Crippen molar-refractivity contribution in [3.05, 3.63) is 68.2 Å². The highest BCUT2D eigenvalue weighted by Gasteiger charge is 2.17. The summed E-state index contributed by atoms with van der Waals surface area (Å²) in [6, 6.07) is 6.42. The third-order valence-corrected chi connectivity index (χ3v) is 3.96. The van der Waals surface area contributed by atoms with Crippen molar-refractivity contribution in [2.75, 3.05) is 0 Å². The molecule has 0 aliphatic carbocycles. The lowest BCUT2D eigenvalue weighted by molar-refractivity contribution is 0.615. The average molecular weight is 347 g/mol. The Morgan fingerprint density at radius 3 is 2.53 bits per heavy atom. The molecule has 0 aliphatic rings. The number of halogens is 4. The number of rotatable bonds is 2. The van der Waals surface area contributed by atoms with Gasteiger partial charge in [0.25, 0.3) is 0 Å². The molecule has 1 nitrogen and oxygen atoms in total. The highest BCUT2D eigenvalue weighted by molar-refractivity contribution is 9.10. The van der Waals surface area contributed by atoms with E-state index in [1.54, 1.807) is 19.1 Å². The van der Waals surface area contributed by atoms with Crippen molar-refractivity contribution in [2.24, 2.45) is 5.73 Å². The zero-order valence-electron chi connectivity index (χ0n) is 10.1. The summed E-state index contributed by atoms with van der Waals surface area (Å²) in [5.41, 5.74) is 7.67. The molecule has 0 radical (unpaired) electrons. The van der Waals surface area contributed by atoms with Gasteiger partial charge in [-0.3, -0.25) is 0 Å². The highest BCUT2D eigenvalue weighted by Crippen LogP contribution is 2.32. The maximum atomic E-state index is 13.4. The third-order valence-electron chi connectivity index (χ3n) is 2.91. The molecule has 0 spiro atoms. The fraction of sp³-hybridized carbons (Fsp3) is 0.143. The molecule has 0 saturated heterocycles. The van der Waals surface area contributed by atoms with Crippen LogP contribution in [0.1, 0.15) is 22.7 Å². The largest absolute Gasteiger partial charge is 0.320 e. The second-order valence-corrected chi connectivity index (χ2v) is 5.53. The number of hydrogen-bond donors (Lipinski definition) is 1. The van der Waals surface area contributed by atoms with Crippen molar-refractivity contribution < 1.29 is 8.78 Å². The number of nitrogens with two attached hydrogens (primary N) is 1. The van der Waals surface area contributed by atoms with Gasteiger partial charge in [0.15, 0.2) is 0 Å². The Balaban J connectivity index is 2.52. The van der Waals surface area contributed by atoms with Crippen LogP contribution in [0, 0.1) is 18.6 Å². The Kier molecular flexibility index (Phi) is 4.23. The minimum atomic E-state index is -0.628. The minimum absolute atomic E-state index is 0.228. The van der Waals surface area contributed by atoms with Crippen LogP contribution in [0.25, 0.3) is 0 Å². The molecular weight excluding hydrogens is 336 g/mol. The lowest BCUT2D eigenvalue weighted by atomic mass is 9.98. The van der Waals surface area contributed by atoms with Crippen LogP contribution in [0.2, 0.25) is 5.02 Å². The predicted molar refractivity (Wildman–Crippen MR) is 76.3 cm³/mol. The van der Waals surface area contributed by atoms with Crippen LogP contribution in [-0.2, 0) is 0 Å². The van der Waals surface area contributed by atoms with Crippen molar-refractivity contribution in [3.63, 3.8) is 0 Å². The first-order valence-corrected chi connectivity index (χ1v) is 6.73. The minimum Gasteiger partial charge on any atom is -0.320 e. The number of aryl methyl sites for hydroxylation is 1. The van der Waals surface area contributed by atoms with Crippen LogP contribution >= 0.6 is 27.5 Å². The third kappa shape index (κ3) is 2.96. The van der Waals surface area contributed by atoms with E-state index >= 15 is 0 Å². The summed E-state index contributed by atoms with van der Waals surface area (Å²) < 4.78 is 27.4. The molecule has 0 heterocycles. The number of benzene rings is 2. The Bertz CT molecular complexity index is 631. The smallest absolute Gasteiger partial charge is 0.127 e. The van der Waals surface area contributed by atoms with E-state index in [1.165, 1.54) is 18.2 Å². The molecule has 0 fully saturated rings. The fourth-order valence-electron chi connectivity index (χ4n) is 1.84. The summed E-state index contributed by atoms with van der Waals surface area (Å²) in [4.78, 5) is 0. The van der Waals surface area contributed by atoms with E-state index in [9.17, 15) is 8.78 Å². The predicted octanol–water partition coefficient (Wildman–Crippen LogP) is 4.74. The van der Waals surface area contributed by atoms with Gasteiger partial charge in [0.2, 0.25) is 0 Å². The van der Waals surface area contributed by atoms with Crippen LogP contribution in [0.4, 0.5) is 8.78 Å². The van der Waals surface area contributed by atoms with Gasteiger partial charge in [-0.25, -0.2) is 8.78 Å². The molecule has 0 aromatic heterocycles. The molecule has 0 bridgehead atoms. The van der Waals surface area contributed by atoms with Crippen molar-refractivity contribution in [3.8, 4) is 0 Å². The number of hydrogen-bond acceptors (Lipinski definition) is 1. The van der Waals surface area contributed by atoms with Gasteiger partial charge in [-0.15, -0.1) is 0 Å². The van der Waals surface area contributed by atoms with Gasteiger partial charge in [-0.1, -0.05) is 27.5 Å². The molecule has 19 heavy (non-hydrogen) atoms. The summed E-state index contributed by atoms with van der Waals surface area (Å²) in [6.45, 7) is 1.63. The highest BCUT2D eigenvalue weighted by atomic mass is 79.9. The van der Waals surface area contributed by atoms with E-state index in [1.807, 2.05) is 0 Å². The molecule has 2 aromatic rings. The molecule has 1 atom stereocenters. The van der Waals surface area contributed by atoms with Gasteiger partial charge in [0.05, 0.1) is 6.04 Å². The van der Waals surface area contributed by atoms with E-state index in [-0.39, 0.29) is 16.7 Å². The van der Waals surface area contributed by atoms with Gasteiger partial charge < -0.3 is 5.73 Å². The molecule has 5 heteroatoms. The summed E-state index contributed by atoms with van der Waals surface area (Å²) >= 11 is 9.33. The van der Waals surface area contributed by atoms with Gasteiger partial charge in [-0.2, -0.15) is 0 Å². The van der Waals surface area contributed by atoms with Crippen molar-refractivity contribution in [1.82, 2.24) is 0 Å². The van der Waals surface area contributed by atoms with Crippen molar-refractivity contribution >= 4 is 27.5 Å². The maximum absolute atomic E-state index is 13.4. The van der Waals surface area contributed by atoms with Crippen LogP contribution in [0.15, 0.2) is 34.8 Å². The molecule has 0 amide bonds. The van der Waals surface area contributed by atoms with E-state index < -0.39 is 6.04 Å². The summed E-state index contributed by atoms with van der Waals surface area (Å²) in [7, 11) is 0. The maximum Gasteiger partial charge on any atom is 0.127 e. The lowest BCUT2D eigenvalue weighted by Gasteiger charge is -2.17. The van der Waals surface area contributed by atoms with Gasteiger partial charge in [0, 0.05) is 9.50 Å². The van der Waals surface area contributed by atoms with E-state index in [4.69, 9.17) is 17.3 Å². The fourth-order valence-corrected chi connectivity index (χ4v) is 2.60. The first kappa shape index (κ1) is 14.4. The standard InChI is InChI=1S/C14H11BrClF2N/c1-7-4-10(12(16)6-13(7)18)14(19)9-5-8(17)2-3-11(9)15/h2-6,14H,19H2,1H3. The van der Waals surface area contributed by atoms with Crippen molar-refractivity contribution in [2.45, 2.75) is 13.0 Å². The molecule has 2 rings (SSSR count). The first-order chi connectivity index (χ1) is 8.90. The molecule has 2 N–H and O–H groups in total. The topological polar surface area (TPSA) is 26.0 Å². The summed E-state index contributed by atoms with van der Waals surface area (Å²) in [5, 5.41) is 0.228. The molecular formula is C14H11BrClF2N. The van der Waals surface area contributed by atoms with Gasteiger partial charge in [0.1, 0.15) is 11.6 Å². The Labute approximate surface area is 123 Å². The summed E-state index contributed by atoms with van der Waals surface area (Å²) in [5.74, 6) is -0.775. The Morgan fingerprint density at radius 2 is 1.84 bits per heavy atom. The molecule has 100 valence electrons. The van der Waals surface area contributed by atoms with Crippen molar-refractivity contribution in [1.29, 1.82) is 0 Å². The van der Waals surface area contributed by atoms with Crippen LogP contribution in [0.3, 0.4) is 0 Å². The molecule has 2 aromatic carbocycles. The van der Waals surface area contributed by atoms with E-state index in [0.717, 1.165) is 0 Å². The quantitative estimate of drug-likeness (QED) is 0.835. The zero-order chi connectivity index (χ0) is 14.2. The van der Waals surface area contributed by atoms with E-state index in [0.29, 0.717) is 21.2 Å².